The molecule has 1 spiro atoms. The minimum atomic E-state index is -3.15. The number of piperidine rings is 1. The monoisotopic (exact) mass is 377 g/mol. The average Bonchev–Trinajstić information content (AvgIpc) is 2.85. The van der Waals surface area contributed by atoms with Crippen molar-refractivity contribution in [2.45, 2.75) is 37.4 Å². The molecule has 0 aromatic carbocycles. The Morgan fingerprint density at radius 3 is 2.69 bits per heavy atom. The van der Waals surface area contributed by atoms with Gasteiger partial charge in [-0.05, 0) is 56.8 Å². The molecule has 6 nitrogen and oxygen atoms in total. The first-order chi connectivity index (χ1) is 12.4. The van der Waals surface area contributed by atoms with Crippen LogP contribution in [0.2, 0.25) is 0 Å². The van der Waals surface area contributed by atoms with E-state index >= 15 is 0 Å². The van der Waals surface area contributed by atoms with Crippen molar-refractivity contribution in [3.63, 3.8) is 0 Å². The van der Waals surface area contributed by atoms with Gasteiger partial charge in [0.15, 0.2) is 9.84 Å². The Morgan fingerprint density at radius 1 is 1.27 bits per heavy atom. The van der Waals surface area contributed by atoms with Crippen molar-refractivity contribution >= 4 is 15.7 Å². The van der Waals surface area contributed by atoms with E-state index in [0.717, 1.165) is 31.6 Å². The van der Waals surface area contributed by atoms with Crippen LogP contribution in [-0.2, 0) is 9.84 Å². The van der Waals surface area contributed by atoms with Gasteiger partial charge in [0, 0.05) is 25.8 Å². The summed E-state index contributed by atoms with van der Waals surface area (Å²) in [6.07, 6.45) is 6.02. The van der Waals surface area contributed by atoms with Gasteiger partial charge in [0.25, 0.3) is 5.91 Å². The minimum Gasteiger partial charge on any atom is -0.334 e. The van der Waals surface area contributed by atoms with E-state index < -0.39 is 14.6 Å². The summed E-state index contributed by atoms with van der Waals surface area (Å²) in [5, 5.41) is 0. The number of carbonyl (C=O) groups excluding carboxylic acids is 1. The predicted molar refractivity (Wildman–Crippen MR) is 99.8 cm³/mol. The molecule has 0 aliphatic carbocycles. The van der Waals surface area contributed by atoms with Gasteiger partial charge in [-0.1, -0.05) is 12.5 Å². The molecular formula is C19H27N3O3S. The molecule has 3 aliphatic rings. The maximum Gasteiger partial charge on any atom is 0.272 e. The van der Waals surface area contributed by atoms with Crippen molar-refractivity contribution < 1.29 is 13.2 Å². The molecule has 4 heterocycles. The largest absolute Gasteiger partial charge is 0.334 e. The Morgan fingerprint density at radius 2 is 2.00 bits per heavy atom. The summed E-state index contributed by atoms with van der Waals surface area (Å²) >= 11 is 0. The summed E-state index contributed by atoms with van der Waals surface area (Å²) in [6, 6.07) is 3.67. The van der Waals surface area contributed by atoms with E-state index in [1.807, 2.05) is 13.0 Å². The van der Waals surface area contributed by atoms with Gasteiger partial charge < -0.3 is 9.80 Å². The molecule has 0 N–H and O–H groups in total. The predicted octanol–water partition coefficient (Wildman–Crippen LogP) is 1.51. The zero-order valence-electron chi connectivity index (χ0n) is 15.4. The van der Waals surface area contributed by atoms with Crippen LogP contribution in [0.5, 0.6) is 0 Å². The van der Waals surface area contributed by atoms with Gasteiger partial charge in [-0.15, -0.1) is 0 Å². The molecule has 4 rings (SSSR count). The molecule has 3 saturated heterocycles. The van der Waals surface area contributed by atoms with Crippen molar-refractivity contribution in [3.05, 3.63) is 29.6 Å². The summed E-state index contributed by atoms with van der Waals surface area (Å²) in [4.78, 5) is 21.0. The van der Waals surface area contributed by atoms with E-state index in [9.17, 15) is 13.2 Å². The SMILES string of the molecule is Cc1cccnc1C(=O)N1CC2(C1)C(CN1CCCCC1)CCS2(=O)=O. The summed E-state index contributed by atoms with van der Waals surface area (Å²) in [5.41, 5.74) is 1.27. The lowest BCUT2D eigenvalue weighted by molar-refractivity contribution is 0.0405. The topological polar surface area (TPSA) is 70.6 Å². The third-order valence-electron chi connectivity index (χ3n) is 6.44. The lowest BCUT2D eigenvalue weighted by Gasteiger charge is -2.50. The maximum atomic E-state index is 12.8. The Bertz CT molecular complexity index is 796. The van der Waals surface area contributed by atoms with E-state index in [-0.39, 0.29) is 17.6 Å². The highest BCUT2D eigenvalue weighted by atomic mass is 32.2. The van der Waals surface area contributed by atoms with Crippen LogP contribution in [-0.4, -0.2) is 72.3 Å². The van der Waals surface area contributed by atoms with Crippen molar-refractivity contribution in [1.82, 2.24) is 14.8 Å². The van der Waals surface area contributed by atoms with Crippen molar-refractivity contribution in [2.24, 2.45) is 5.92 Å². The highest BCUT2D eigenvalue weighted by molar-refractivity contribution is 7.93. The van der Waals surface area contributed by atoms with Gasteiger partial charge >= 0.3 is 0 Å². The number of aromatic nitrogens is 1. The van der Waals surface area contributed by atoms with Crippen LogP contribution < -0.4 is 0 Å². The van der Waals surface area contributed by atoms with Gasteiger partial charge in [0.2, 0.25) is 0 Å². The average molecular weight is 378 g/mol. The highest BCUT2D eigenvalue weighted by Gasteiger charge is 2.62. The molecule has 26 heavy (non-hydrogen) atoms. The van der Waals surface area contributed by atoms with E-state index in [0.29, 0.717) is 18.8 Å². The first-order valence-corrected chi connectivity index (χ1v) is 11.2. The molecule has 3 aliphatic heterocycles. The third-order valence-corrected chi connectivity index (χ3v) is 9.05. The van der Waals surface area contributed by atoms with E-state index in [1.54, 1.807) is 17.2 Å². The zero-order valence-corrected chi connectivity index (χ0v) is 16.2. The number of rotatable bonds is 3. The molecule has 142 valence electrons. The second-order valence-electron chi connectivity index (χ2n) is 8.06. The van der Waals surface area contributed by atoms with Crippen LogP contribution in [0, 0.1) is 12.8 Å². The lowest BCUT2D eigenvalue weighted by Crippen LogP contribution is -2.69. The Labute approximate surface area is 155 Å². The number of aryl methyl sites for hydroxylation is 1. The summed E-state index contributed by atoms with van der Waals surface area (Å²) < 4.78 is 24.9. The van der Waals surface area contributed by atoms with Crippen LogP contribution in [0.15, 0.2) is 18.3 Å². The maximum absolute atomic E-state index is 12.8. The van der Waals surface area contributed by atoms with Crippen LogP contribution in [0.1, 0.15) is 41.7 Å². The number of carbonyl (C=O) groups is 1. The number of nitrogens with zero attached hydrogens (tertiary/aromatic N) is 3. The van der Waals surface area contributed by atoms with Crippen molar-refractivity contribution in [1.29, 1.82) is 0 Å². The second-order valence-corrected chi connectivity index (χ2v) is 10.5. The van der Waals surface area contributed by atoms with Gasteiger partial charge in [-0.2, -0.15) is 0 Å². The zero-order chi connectivity index (χ0) is 18.4. The van der Waals surface area contributed by atoms with Crippen LogP contribution in [0.3, 0.4) is 0 Å². The molecule has 1 aromatic heterocycles. The summed E-state index contributed by atoms with van der Waals surface area (Å²) in [5.74, 6) is 0.253. The molecule has 0 bridgehead atoms. The molecular weight excluding hydrogens is 350 g/mol. The fourth-order valence-corrected chi connectivity index (χ4v) is 7.19. The van der Waals surface area contributed by atoms with Gasteiger partial charge in [0.05, 0.1) is 5.75 Å². The van der Waals surface area contributed by atoms with Crippen LogP contribution in [0.25, 0.3) is 0 Å². The van der Waals surface area contributed by atoms with Crippen molar-refractivity contribution in [2.75, 3.05) is 38.5 Å². The van der Waals surface area contributed by atoms with E-state index in [2.05, 4.69) is 9.88 Å². The summed E-state index contributed by atoms with van der Waals surface area (Å²) in [7, 11) is -3.15. The molecule has 1 unspecified atom stereocenters. The first kappa shape index (κ1) is 17.9. The highest BCUT2D eigenvalue weighted by Crippen LogP contribution is 2.45. The Hall–Kier alpha value is -1.47. The van der Waals surface area contributed by atoms with Gasteiger partial charge in [-0.3, -0.25) is 9.78 Å². The van der Waals surface area contributed by atoms with Gasteiger partial charge in [-0.25, -0.2) is 8.42 Å². The first-order valence-electron chi connectivity index (χ1n) is 9.58. The quantitative estimate of drug-likeness (QED) is 0.798. The second kappa shape index (κ2) is 6.60. The van der Waals surface area contributed by atoms with Crippen LogP contribution >= 0.6 is 0 Å². The lowest BCUT2D eigenvalue weighted by atomic mass is 9.82. The number of amides is 1. The molecule has 0 radical (unpaired) electrons. The Balaban J connectivity index is 1.50. The smallest absolute Gasteiger partial charge is 0.272 e. The molecule has 7 heteroatoms. The number of hydrogen-bond acceptors (Lipinski definition) is 5. The molecule has 1 atom stereocenters. The number of hydrogen-bond donors (Lipinski definition) is 0. The van der Waals surface area contributed by atoms with Gasteiger partial charge in [0.1, 0.15) is 10.4 Å². The standard InChI is InChI=1S/C19H27N3O3S/c1-15-6-5-8-20-17(15)18(23)22-13-19(14-22)16(7-11-26(19,24)25)12-21-9-3-2-4-10-21/h5-6,8,16H,2-4,7,9-14H2,1H3. The molecule has 1 amide bonds. The molecule has 1 aromatic rings. The fraction of sp³-hybridized carbons (Fsp3) is 0.684. The van der Waals surface area contributed by atoms with Crippen molar-refractivity contribution in [3.8, 4) is 0 Å². The number of pyridine rings is 1. The van der Waals surface area contributed by atoms with E-state index in [1.165, 1.54) is 19.3 Å². The number of likely N-dealkylation sites (tertiary alicyclic amines) is 2. The normalized spacial score (nSPS) is 27.4. The summed E-state index contributed by atoms with van der Waals surface area (Å²) in [6.45, 7) is 5.50. The van der Waals surface area contributed by atoms with Crippen LogP contribution in [0.4, 0.5) is 0 Å². The number of sulfone groups is 1. The Kier molecular flexibility index (Phi) is 4.55. The molecule has 3 fully saturated rings. The molecule has 0 saturated carbocycles. The fourth-order valence-electron chi connectivity index (χ4n) is 4.79. The van der Waals surface area contributed by atoms with E-state index in [4.69, 9.17) is 0 Å². The third kappa shape index (κ3) is 2.85. The minimum absolute atomic E-state index is 0.138.